The van der Waals surface area contributed by atoms with Crippen molar-refractivity contribution in [3.8, 4) is 67.3 Å². The van der Waals surface area contributed by atoms with Gasteiger partial charge in [-0.15, -0.1) is 0 Å². The highest BCUT2D eigenvalue weighted by Gasteiger charge is 2.41. The van der Waals surface area contributed by atoms with E-state index in [0.717, 1.165) is 22.5 Å². The largest absolute Gasteiger partial charge is 0.278 e. The van der Waals surface area contributed by atoms with E-state index in [1.54, 1.807) is 0 Å². The van der Waals surface area contributed by atoms with Gasteiger partial charge in [0.1, 0.15) is 0 Å². The van der Waals surface area contributed by atoms with Crippen LogP contribution in [-0.4, -0.2) is 15.0 Å². The summed E-state index contributed by atoms with van der Waals surface area (Å²) in [4.78, 5) is 19.0. The van der Waals surface area contributed by atoms with Crippen LogP contribution in [0.1, 0.15) is 99.9 Å². The number of hydrogen-bond donors (Lipinski definition) is 0. The lowest BCUT2D eigenvalue weighted by atomic mass is 9.82. The Labute approximate surface area is 394 Å². The van der Waals surface area contributed by atoms with Crippen LogP contribution >= 0.6 is 0 Å². The Morgan fingerprint density at radius 2 is 0.731 bits per heavy atom. The molecule has 0 atom stereocenters. The zero-order valence-electron chi connectivity index (χ0n) is 39.5. The van der Waals surface area contributed by atoms with Crippen LogP contribution in [0, 0.1) is 0 Å². The second kappa shape index (κ2) is 13.6. The van der Waals surface area contributed by atoms with Crippen molar-refractivity contribution in [1.29, 1.82) is 0 Å². The van der Waals surface area contributed by atoms with Gasteiger partial charge in [0, 0.05) is 44.0 Å². The minimum atomic E-state index is -0.209. The molecule has 0 radical (unpaired) electrons. The lowest BCUT2D eigenvalue weighted by molar-refractivity contribution is 0.660. The molecule has 1 aromatic heterocycles. The van der Waals surface area contributed by atoms with E-state index in [1.807, 2.05) is 0 Å². The molecule has 4 nitrogen and oxygen atoms in total. The Morgan fingerprint density at radius 1 is 0.313 bits per heavy atom. The Bertz CT molecular complexity index is 3610. The maximum atomic E-state index is 5.63. The predicted octanol–water partition coefficient (Wildman–Crippen LogP) is 15.9. The van der Waals surface area contributed by atoms with Gasteiger partial charge in [0.15, 0.2) is 11.6 Å². The molecular formula is C63H52N4. The van der Waals surface area contributed by atoms with Crippen LogP contribution in [0.2, 0.25) is 0 Å². The number of rotatable bonds is 5. The number of benzene rings is 8. The zero-order chi connectivity index (χ0) is 45.8. The lowest BCUT2D eigenvalue weighted by Crippen LogP contribution is -2.19. The highest BCUT2D eigenvalue weighted by molar-refractivity contribution is 5.95. The summed E-state index contributed by atoms with van der Waals surface area (Å²) in [5.74, 6) is 1.86. The molecule has 0 amide bonds. The molecule has 0 aliphatic heterocycles. The monoisotopic (exact) mass is 864 g/mol. The van der Waals surface area contributed by atoms with Gasteiger partial charge in [-0.1, -0.05) is 195 Å². The van der Waals surface area contributed by atoms with E-state index in [-0.39, 0.29) is 21.7 Å². The fourth-order valence-electron chi connectivity index (χ4n) is 12.5. The van der Waals surface area contributed by atoms with Crippen LogP contribution < -0.4 is 4.90 Å². The van der Waals surface area contributed by atoms with E-state index in [2.05, 4.69) is 230 Å². The topological polar surface area (TPSA) is 41.9 Å². The van der Waals surface area contributed by atoms with E-state index in [0.29, 0.717) is 17.6 Å². The van der Waals surface area contributed by atoms with Crippen molar-refractivity contribution < 1.29 is 0 Å². The van der Waals surface area contributed by atoms with E-state index in [1.165, 1.54) is 89.0 Å². The third-order valence-electron chi connectivity index (χ3n) is 16.2. The fourth-order valence-corrected chi connectivity index (χ4v) is 12.5. The zero-order valence-corrected chi connectivity index (χ0v) is 39.5. The van der Waals surface area contributed by atoms with Crippen LogP contribution in [0.25, 0.3) is 67.3 Å². The SMILES string of the molecule is CC1(C)c2ccccc2-c2cc(-c3nc(-c4ccc5c(c4)C(C)(C)c4ccccc4-5)nc(N(c4ccc5c(c4)C(C)(C)c4ccccc4-5)c4cccc5c4-c4ccccc4C5(C)C)n3)ccc21. The quantitative estimate of drug-likeness (QED) is 0.173. The van der Waals surface area contributed by atoms with Crippen LogP contribution in [0.4, 0.5) is 17.3 Å². The molecule has 0 spiro atoms. The van der Waals surface area contributed by atoms with Crippen molar-refractivity contribution in [2.75, 3.05) is 4.90 Å². The number of fused-ring (bicyclic) bond motifs is 12. The predicted molar refractivity (Wildman–Crippen MR) is 276 cm³/mol. The van der Waals surface area contributed by atoms with Gasteiger partial charge in [0.25, 0.3) is 0 Å². The maximum Gasteiger partial charge on any atom is 0.238 e. The summed E-state index contributed by atoms with van der Waals surface area (Å²) in [5, 5.41) is 0. The van der Waals surface area contributed by atoms with Crippen molar-refractivity contribution in [1.82, 2.24) is 15.0 Å². The van der Waals surface area contributed by atoms with Gasteiger partial charge in [-0.2, -0.15) is 9.97 Å². The normalized spacial score (nSPS) is 16.2. The van der Waals surface area contributed by atoms with Crippen LogP contribution in [0.5, 0.6) is 0 Å². The standard InChI is InChI=1S/C63H52N4/c1-60(2)49-24-15-11-20-42(49)46-34-37(29-33-51(46)60)57-64-58(38-28-31-43-40-18-9-13-22-47(40)62(5,6)53(43)35-38)66-59(65-57)67(39-30-32-44-41-19-10-14-23-48(41)63(7,8)54(44)36-39)55-27-17-26-52-56(55)45-21-12-16-25-50(45)61(52,3)4/h9-36H,1-8H3. The molecule has 4 heteroatoms. The molecule has 13 rings (SSSR count). The minimum absolute atomic E-state index is 0.121. The van der Waals surface area contributed by atoms with Crippen LogP contribution in [-0.2, 0) is 21.7 Å². The average Bonchev–Trinajstić information content (AvgIpc) is 3.92. The summed E-state index contributed by atoms with van der Waals surface area (Å²) >= 11 is 0. The van der Waals surface area contributed by atoms with Gasteiger partial charge in [-0.25, -0.2) is 4.98 Å². The molecule has 0 saturated heterocycles. The number of nitrogens with zero attached hydrogens (tertiary/aromatic N) is 4. The smallest absolute Gasteiger partial charge is 0.238 e. The summed E-state index contributed by atoms with van der Waals surface area (Å²) in [7, 11) is 0. The first-order valence-electron chi connectivity index (χ1n) is 23.8. The second-order valence-electron chi connectivity index (χ2n) is 21.3. The number of aromatic nitrogens is 3. The summed E-state index contributed by atoms with van der Waals surface area (Å²) in [6.07, 6.45) is 0. The van der Waals surface area contributed by atoms with Crippen molar-refractivity contribution in [3.05, 3.63) is 214 Å². The van der Waals surface area contributed by atoms with Crippen molar-refractivity contribution in [3.63, 3.8) is 0 Å². The summed E-state index contributed by atoms with van der Waals surface area (Å²) in [5.41, 5.74) is 23.9. The fraction of sp³-hybridized carbons (Fsp3) is 0.190. The van der Waals surface area contributed by atoms with Gasteiger partial charge in [-0.05, 0) is 114 Å². The van der Waals surface area contributed by atoms with Crippen molar-refractivity contribution in [2.45, 2.75) is 77.0 Å². The molecule has 0 saturated carbocycles. The Hall–Kier alpha value is -7.43. The van der Waals surface area contributed by atoms with E-state index in [4.69, 9.17) is 15.0 Å². The third-order valence-corrected chi connectivity index (χ3v) is 16.2. The highest BCUT2D eigenvalue weighted by atomic mass is 15.3. The van der Waals surface area contributed by atoms with E-state index < -0.39 is 0 Å². The first-order valence-corrected chi connectivity index (χ1v) is 23.8. The third kappa shape index (κ3) is 5.44. The van der Waals surface area contributed by atoms with E-state index in [9.17, 15) is 0 Å². The average molecular weight is 865 g/mol. The molecule has 8 aromatic carbocycles. The van der Waals surface area contributed by atoms with Crippen LogP contribution in [0.15, 0.2) is 170 Å². The molecule has 324 valence electrons. The molecule has 0 unspecified atom stereocenters. The summed E-state index contributed by atoms with van der Waals surface area (Å²) < 4.78 is 0. The molecule has 0 fully saturated rings. The van der Waals surface area contributed by atoms with Gasteiger partial charge < -0.3 is 0 Å². The Kier molecular flexibility index (Phi) is 8.08. The summed E-state index contributed by atoms with van der Waals surface area (Å²) in [6.45, 7) is 18.7. The molecule has 4 aliphatic rings. The molecule has 9 aromatic rings. The Balaban J connectivity index is 1.08. The number of hydrogen-bond acceptors (Lipinski definition) is 4. The minimum Gasteiger partial charge on any atom is -0.278 e. The molecule has 0 bridgehead atoms. The molecule has 0 N–H and O–H groups in total. The van der Waals surface area contributed by atoms with Gasteiger partial charge in [0.05, 0.1) is 5.69 Å². The maximum absolute atomic E-state index is 5.63. The van der Waals surface area contributed by atoms with E-state index >= 15 is 0 Å². The van der Waals surface area contributed by atoms with Gasteiger partial charge in [0.2, 0.25) is 5.95 Å². The van der Waals surface area contributed by atoms with Crippen LogP contribution in [0.3, 0.4) is 0 Å². The lowest BCUT2D eigenvalue weighted by Gasteiger charge is -2.29. The Morgan fingerprint density at radius 3 is 1.34 bits per heavy atom. The first-order chi connectivity index (χ1) is 32.2. The van der Waals surface area contributed by atoms with Crippen molar-refractivity contribution in [2.24, 2.45) is 0 Å². The molecular weight excluding hydrogens is 813 g/mol. The molecule has 4 aliphatic carbocycles. The van der Waals surface area contributed by atoms with Crippen molar-refractivity contribution >= 4 is 17.3 Å². The highest BCUT2D eigenvalue weighted by Crippen LogP contribution is 2.56. The van der Waals surface area contributed by atoms with Gasteiger partial charge >= 0.3 is 0 Å². The number of anilines is 3. The van der Waals surface area contributed by atoms with Gasteiger partial charge in [-0.3, -0.25) is 4.90 Å². The summed E-state index contributed by atoms with van der Waals surface area (Å²) in [6, 6.07) is 62.8. The molecule has 67 heavy (non-hydrogen) atoms. The second-order valence-corrected chi connectivity index (χ2v) is 21.3. The molecule has 1 heterocycles. The first kappa shape index (κ1) is 39.9.